The second-order valence-electron chi connectivity index (χ2n) is 3.59. The normalized spacial score (nSPS) is 15.9. The van der Waals surface area contributed by atoms with Crippen LogP contribution in [0.4, 0.5) is 0 Å². The first-order valence-corrected chi connectivity index (χ1v) is 3.84. The molecule has 2 heteroatoms. The van der Waals surface area contributed by atoms with Crippen LogP contribution in [0.2, 0.25) is 0 Å². The maximum absolute atomic E-state index is 9.27. The van der Waals surface area contributed by atoms with E-state index in [4.69, 9.17) is 0 Å². The molecule has 0 fully saturated rings. The van der Waals surface area contributed by atoms with Crippen LogP contribution in [0.3, 0.4) is 0 Å². The molecule has 1 unspecified atom stereocenters. The number of hydrogen-bond donors (Lipinski definition) is 1. The molecule has 0 bridgehead atoms. The minimum absolute atomic E-state index is 0.0723. The van der Waals surface area contributed by atoms with Gasteiger partial charge in [0.2, 0.25) is 0 Å². The molecule has 0 aromatic rings. The van der Waals surface area contributed by atoms with Crippen LogP contribution < -0.4 is 0 Å². The van der Waals surface area contributed by atoms with E-state index in [0.717, 1.165) is 6.54 Å². The van der Waals surface area contributed by atoms with Crippen molar-refractivity contribution in [3.8, 4) is 0 Å². The highest BCUT2D eigenvalue weighted by Gasteiger charge is 2.22. The molecule has 0 saturated heterocycles. The molecule has 0 aromatic heterocycles. The number of rotatable bonds is 2. The van der Waals surface area contributed by atoms with Crippen molar-refractivity contribution in [2.24, 2.45) is 0 Å². The fourth-order valence-electron chi connectivity index (χ4n) is 1.30. The van der Waals surface area contributed by atoms with Gasteiger partial charge in [-0.3, -0.25) is 4.90 Å². The quantitative estimate of drug-likeness (QED) is 0.594. The lowest BCUT2D eigenvalue weighted by molar-refractivity contribution is -0.0344. The van der Waals surface area contributed by atoms with Crippen molar-refractivity contribution in [3.63, 3.8) is 0 Å². The zero-order chi connectivity index (χ0) is 8.36. The molecular weight excluding hydrogens is 126 g/mol. The molecular formula is C8H19NO. The highest BCUT2D eigenvalue weighted by Crippen LogP contribution is 2.14. The minimum atomic E-state index is -0.343. The first-order valence-electron chi connectivity index (χ1n) is 3.84. The van der Waals surface area contributed by atoms with Gasteiger partial charge in [0.25, 0.3) is 0 Å². The Bertz CT molecular complexity index is 93.9. The predicted octanol–water partition coefficient (Wildman–Crippen LogP) is 1.45. The molecule has 1 atom stereocenters. The summed E-state index contributed by atoms with van der Waals surface area (Å²) in [5.74, 6) is 0. The zero-order valence-corrected chi connectivity index (χ0v) is 7.68. The second-order valence-corrected chi connectivity index (χ2v) is 3.59. The SMILES string of the molecule is CCN(C(C)O)C(C)(C)C. The molecule has 0 aliphatic rings. The maximum Gasteiger partial charge on any atom is 0.104 e. The molecule has 0 aromatic carbocycles. The zero-order valence-electron chi connectivity index (χ0n) is 7.68. The fraction of sp³-hybridized carbons (Fsp3) is 1.00. The Hall–Kier alpha value is -0.0800. The van der Waals surface area contributed by atoms with Gasteiger partial charge in [-0.2, -0.15) is 0 Å². The Balaban J connectivity index is 4.07. The standard InChI is InChI=1S/C8H19NO/c1-6-9(7(2)10)8(3,4)5/h7,10H,6H2,1-5H3. The molecule has 0 aliphatic heterocycles. The van der Waals surface area contributed by atoms with E-state index >= 15 is 0 Å². The summed E-state index contributed by atoms with van der Waals surface area (Å²) in [5, 5.41) is 9.27. The van der Waals surface area contributed by atoms with E-state index in [2.05, 4.69) is 27.7 Å². The van der Waals surface area contributed by atoms with E-state index in [-0.39, 0.29) is 11.8 Å². The van der Waals surface area contributed by atoms with E-state index in [1.54, 1.807) is 6.92 Å². The van der Waals surface area contributed by atoms with E-state index in [1.807, 2.05) is 4.90 Å². The third kappa shape index (κ3) is 2.67. The number of nitrogens with zero attached hydrogens (tertiary/aromatic N) is 1. The van der Waals surface area contributed by atoms with Gasteiger partial charge in [0.15, 0.2) is 0 Å². The van der Waals surface area contributed by atoms with Gasteiger partial charge < -0.3 is 5.11 Å². The fourth-order valence-corrected chi connectivity index (χ4v) is 1.30. The molecule has 0 heterocycles. The van der Waals surface area contributed by atoms with E-state index < -0.39 is 0 Å². The maximum atomic E-state index is 9.27. The second kappa shape index (κ2) is 3.35. The monoisotopic (exact) mass is 145 g/mol. The Morgan fingerprint density at radius 1 is 1.40 bits per heavy atom. The van der Waals surface area contributed by atoms with Crippen LogP contribution in [0.5, 0.6) is 0 Å². The average molecular weight is 145 g/mol. The van der Waals surface area contributed by atoms with Gasteiger partial charge in [-0.05, 0) is 34.2 Å². The highest BCUT2D eigenvalue weighted by atomic mass is 16.3. The molecule has 0 saturated carbocycles. The van der Waals surface area contributed by atoms with Crippen molar-refractivity contribution in [3.05, 3.63) is 0 Å². The van der Waals surface area contributed by atoms with Gasteiger partial charge in [0.1, 0.15) is 6.23 Å². The van der Waals surface area contributed by atoms with E-state index in [9.17, 15) is 5.11 Å². The number of aliphatic hydroxyl groups excluding tert-OH is 1. The Morgan fingerprint density at radius 2 is 1.80 bits per heavy atom. The van der Waals surface area contributed by atoms with Gasteiger partial charge in [-0.1, -0.05) is 6.92 Å². The smallest absolute Gasteiger partial charge is 0.104 e. The summed E-state index contributed by atoms with van der Waals surface area (Å²) < 4.78 is 0. The number of hydrogen-bond acceptors (Lipinski definition) is 2. The molecule has 0 rings (SSSR count). The van der Waals surface area contributed by atoms with Crippen LogP contribution in [0.25, 0.3) is 0 Å². The van der Waals surface area contributed by atoms with Crippen LogP contribution in [0.1, 0.15) is 34.6 Å². The van der Waals surface area contributed by atoms with Gasteiger partial charge in [-0.25, -0.2) is 0 Å². The largest absolute Gasteiger partial charge is 0.379 e. The van der Waals surface area contributed by atoms with Crippen molar-refractivity contribution in [2.75, 3.05) is 6.54 Å². The van der Waals surface area contributed by atoms with Gasteiger partial charge >= 0.3 is 0 Å². The van der Waals surface area contributed by atoms with Crippen molar-refractivity contribution in [2.45, 2.75) is 46.4 Å². The Labute approximate surface area is 63.8 Å². The summed E-state index contributed by atoms with van der Waals surface area (Å²) in [7, 11) is 0. The average Bonchev–Trinajstić information content (AvgIpc) is 1.60. The van der Waals surface area contributed by atoms with Gasteiger partial charge in [0.05, 0.1) is 0 Å². The molecule has 0 amide bonds. The van der Waals surface area contributed by atoms with Gasteiger partial charge in [0, 0.05) is 5.54 Å². The molecule has 10 heavy (non-hydrogen) atoms. The lowest BCUT2D eigenvalue weighted by atomic mass is 10.1. The molecule has 0 aliphatic carbocycles. The summed E-state index contributed by atoms with van der Waals surface area (Å²) in [4.78, 5) is 2.03. The van der Waals surface area contributed by atoms with Crippen LogP contribution in [-0.2, 0) is 0 Å². The molecule has 2 nitrogen and oxygen atoms in total. The van der Waals surface area contributed by atoms with Gasteiger partial charge in [-0.15, -0.1) is 0 Å². The third-order valence-electron chi connectivity index (χ3n) is 1.65. The molecule has 0 spiro atoms. The summed E-state index contributed by atoms with van der Waals surface area (Å²) >= 11 is 0. The van der Waals surface area contributed by atoms with Crippen LogP contribution >= 0.6 is 0 Å². The summed E-state index contributed by atoms with van der Waals surface area (Å²) in [6.45, 7) is 11.0. The van der Waals surface area contributed by atoms with Crippen molar-refractivity contribution >= 4 is 0 Å². The Morgan fingerprint density at radius 3 is 1.80 bits per heavy atom. The van der Waals surface area contributed by atoms with Crippen molar-refractivity contribution < 1.29 is 5.11 Å². The molecule has 62 valence electrons. The van der Waals surface area contributed by atoms with Crippen molar-refractivity contribution in [1.82, 2.24) is 4.90 Å². The van der Waals surface area contributed by atoms with Crippen molar-refractivity contribution in [1.29, 1.82) is 0 Å². The summed E-state index contributed by atoms with van der Waals surface area (Å²) in [5.41, 5.74) is 0.0723. The van der Waals surface area contributed by atoms with E-state index in [0.29, 0.717) is 0 Å². The Kier molecular flexibility index (Phi) is 3.33. The minimum Gasteiger partial charge on any atom is -0.379 e. The molecule has 1 N–H and O–H groups in total. The third-order valence-corrected chi connectivity index (χ3v) is 1.65. The summed E-state index contributed by atoms with van der Waals surface area (Å²) in [6, 6.07) is 0. The van der Waals surface area contributed by atoms with Crippen LogP contribution in [0.15, 0.2) is 0 Å². The van der Waals surface area contributed by atoms with Crippen LogP contribution in [-0.4, -0.2) is 28.3 Å². The lowest BCUT2D eigenvalue weighted by Gasteiger charge is -2.36. The molecule has 0 radical (unpaired) electrons. The first kappa shape index (κ1) is 9.92. The first-order chi connectivity index (χ1) is 4.39. The van der Waals surface area contributed by atoms with E-state index in [1.165, 1.54) is 0 Å². The van der Waals surface area contributed by atoms with Crippen LogP contribution in [0, 0.1) is 0 Å². The lowest BCUT2D eigenvalue weighted by Crippen LogP contribution is -2.46. The topological polar surface area (TPSA) is 23.5 Å². The highest BCUT2D eigenvalue weighted by molar-refractivity contribution is 4.75. The number of aliphatic hydroxyl groups is 1. The predicted molar refractivity (Wildman–Crippen MR) is 43.8 cm³/mol. The summed E-state index contributed by atoms with van der Waals surface area (Å²) in [6.07, 6.45) is -0.343.